The van der Waals surface area contributed by atoms with Gasteiger partial charge in [-0.15, -0.1) is 10.2 Å². The van der Waals surface area contributed by atoms with Gasteiger partial charge in [0.05, 0.1) is 5.41 Å². The smallest absolute Gasteiger partial charge is 0.233 e. The second-order valence-electron chi connectivity index (χ2n) is 5.41. The minimum Gasteiger partial charge on any atom is -0.329 e. The number of hydrogen-bond acceptors (Lipinski definition) is 5. The first kappa shape index (κ1) is 17.5. The van der Waals surface area contributed by atoms with E-state index in [4.69, 9.17) is 5.73 Å². The third-order valence-electron chi connectivity index (χ3n) is 4.21. The van der Waals surface area contributed by atoms with Crippen LogP contribution in [0.2, 0.25) is 0 Å². The number of aromatic nitrogens is 2. The second-order valence-corrected chi connectivity index (χ2v) is 6.48. The van der Waals surface area contributed by atoms with Crippen LogP contribution in [0.3, 0.4) is 0 Å². The van der Waals surface area contributed by atoms with Crippen molar-refractivity contribution in [3.8, 4) is 0 Å². The summed E-state index contributed by atoms with van der Waals surface area (Å²) in [6, 6.07) is 6.55. The third kappa shape index (κ3) is 3.92. The molecule has 124 valence electrons. The Morgan fingerprint density at radius 1 is 1.30 bits per heavy atom. The summed E-state index contributed by atoms with van der Waals surface area (Å²) in [4.78, 5) is 12.4. The maximum atomic E-state index is 13.7. The van der Waals surface area contributed by atoms with Crippen LogP contribution in [0, 0.1) is 11.2 Å². The van der Waals surface area contributed by atoms with Gasteiger partial charge in [-0.2, -0.15) is 0 Å². The number of hydrogen-bond donors (Lipinski definition) is 2. The molecule has 7 heteroatoms. The highest BCUT2D eigenvalue weighted by Crippen LogP contribution is 2.28. The van der Waals surface area contributed by atoms with Crippen LogP contribution in [0.25, 0.3) is 0 Å². The number of carbonyl (C=O) groups is 1. The number of rotatable bonds is 7. The molecular weight excluding hydrogens is 315 g/mol. The number of benzene rings is 1. The minimum absolute atomic E-state index is 0.140. The SMILES string of the molecule is CCC(CC)(CN)C(=O)Nc1nnc(Cc2ccccc2F)s1. The lowest BCUT2D eigenvalue weighted by Crippen LogP contribution is -2.41. The first-order chi connectivity index (χ1) is 11.0. The van der Waals surface area contributed by atoms with E-state index in [1.54, 1.807) is 18.2 Å². The summed E-state index contributed by atoms with van der Waals surface area (Å²) in [5.41, 5.74) is 5.74. The van der Waals surface area contributed by atoms with Crippen molar-refractivity contribution in [1.82, 2.24) is 10.2 Å². The van der Waals surface area contributed by atoms with Gasteiger partial charge in [0.25, 0.3) is 0 Å². The molecule has 0 aliphatic heterocycles. The van der Waals surface area contributed by atoms with Gasteiger partial charge in [0, 0.05) is 13.0 Å². The Morgan fingerprint density at radius 2 is 2.00 bits per heavy atom. The third-order valence-corrected chi connectivity index (χ3v) is 5.05. The van der Waals surface area contributed by atoms with E-state index in [1.165, 1.54) is 17.4 Å². The van der Waals surface area contributed by atoms with Crippen molar-refractivity contribution in [2.45, 2.75) is 33.1 Å². The molecule has 0 aliphatic carbocycles. The normalized spacial score (nSPS) is 11.5. The van der Waals surface area contributed by atoms with Crippen LogP contribution in [0.5, 0.6) is 0 Å². The number of anilines is 1. The van der Waals surface area contributed by atoms with E-state index in [0.717, 1.165) is 0 Å². The Morgan fingerprint density at radius 3 is 2.61 bits per heavy atom. The van der Waals surface area contributed by atoms with E-state index < -0.39 is 5.41 Å². The van der Waals surface area contributed by atoms with Gasteiger partial charge in [0.15, 0.2) is 0 Å². The van der Waals surface area contributed by atoms with E-state index in [0.29, 0.717) is 35.0 Å². The highest BCUT2D eigenvalue weighted by molar-refractivity contribution is 7.15. The van der Waals surface area contributed by atoms with Gasteiger partial charge in [0.2, 0.25) is 11.0 Å². The van der Waals surface area contributed by atoms with Crippen molar-refractivity contribution >= 4 is 22.4 Å². The summed E-state index contributed by atoms with van der Waals surface area (Å²) >= 11 is 1.25. The van der Waals surface area contributed by atoms with Crippen molar-refractivity contribution in [3.63, 3.8) is 0 Å². The number of nitrogens with two attached hydrogens (primary N) is 1. The van der Waals surface area contributed by atoms with Crippen molar-refractivity contribution < 1.29 is 9.18 Å². The number of carbonyl (C=O) groups excluding carboxylic acids is 1. The van der Waals surface area contributed by atoms with E-state index in [2.05, 4.69) is 15.5 Å². The highest BCUT2D eigenvalue weighted by Gasteiger charge is 2.33. The summed E-state index contributed by atoms with van der Waals surface area (Å²) < 4.78 is 13.7. The van der Waals surface area contributed by atoms with Crippen LogP contribution in [-0.2, 0) is 11.2 Å². The van der Waals surface area contributed by atoms with Crippen LogP contribution in [-0.4, -0.2) is 22.6 Å². The molecule has 23 heavy (non-hydrogen) atoms. The quantitative estimate of drug-likeness (QED) is 0.814. The van der Waals surface area contributed by atoms with Gasteiger partial charge in [-0.1, -0.05) is 43.4 Å². The van der Waals surface area contributed by atoms with E-state index in [-0.39, 0.29) is 18.3 Å². The molecule has 1 aromatic carbocycles. The fourth-order valence-electron chi connectivity index (χ4n) is 2.36. The van der Waals surface area contributed by atoms with Gasteiger partial charge < -0.3 is 5.73 Å². The van der Waals surface area contributed by atoms with Gasteiger partial charge in [-0.25, -0.2) is 4.39 Å². The molecule has 5 nitrogen and oxygen atoms in total. The summed E-state index contributed by atoms with van der Waals surface area (Å²) in [6.07, 6.45) is 1.67. The van der Waals surface area contributed by atoms with Gasteiger partial charge in [-0.3, -0.25) is 10.1 Å². The van der Waals surface area contributed by atoms with Gasteiger partial charge in [-0.05, 0) is 24.5 Å². The summed E-state index contributed by atoms with van der Waals surface area (Å²) in [5, 5.41) is 11.8. The molecule has 2 rings (SSSR count). The zero-order chi connectivity index (χ0) is 16.9. The molecule has 2 aromatic rings. The molecule has 0 spiro atoms. The van der Waals surface area contributed by atoms with Crippen LogP contribution in [0.15, 0.2) is 24.3 Å². The second kappa shape index (κ2) is 7.61. The number of amides is 1. The summed E-state index contributed by atoms with van der Waals surface area (Å²) in [7, 11) is 0. The zero-order valence-electron chi connectivity index (χ0n) is 13.3. The standard InChI is InChI=1S/C16H21FN4OS/c1-3-16(4-2,10-18)14(22)19-15-21-20-13(23-15)9-11-7-5-6-8-12(11)17/h5-8H,3-4,9-10,18H2,1-2H3,(H,19,21,22). The zero-order valence-corrected chi connectivity index (χ0v) is 14.1. The first-order valence-corrected chi connectivity index (χ1v) is 8.43. The van der Waals surface area contributed by atoms with E-state index in [9.17, 15) is 9.18 Å². The minimum atomic E-state index is -0.586. The highest BCUT2D eigenvalue weighted by atomic mass is 32.1. The first-order valence-electron chi connectivity index (χ1n) is 7.62. The molecular formula is C16H21FN4OS. The molecule has 3 N–H and O–H groups in total. The monoisotopic (exact) mass is 336 g/mol. The molecule has 1 heterocycles. The molecule has 0 aliphatic rings. The van der Waals surface area contributed by atoms with Crippen molar-refractivity contribution in [1.29, 1.82) is 0 Å². The average Bonchev–Trinajstić information content (AvgIpc) is 2.99. The number of nitrogens with one attached hydrogen (secondary N) is 1. The molecule has 0 bridgehead atoms. The topological polar surface area (TPSA) is 80.9 Å². The Bertz CT molecular complexity index is 661. The molecule has 0 saturated carbocycles. The lowest BCUT2D eigenvalue weighted by atomic mass is 9.81. The molecule has 0 unspecified atom stereocenters. The Hall–Kier alpha value is -1.86. The Kier molecular flexibility index (Phi) is 5.79. The maximum Gasteiger partial charge on any atom is 0.233 e. The summed E-state index contributed by atoms with van der Waals surface area (Å²) in [5.74, 6) is -0.411. The van der Waals surface area contributed by atoms with Crippen LogP contribution in [0.4, 0.5) is 9.52 Å². The molecule has 0 atom stereocenters. The number of nitrogens with zero attached hydrogens (tertiary/aromatic N) is 2. The van der Waals surface area contributed by atoms with Crippen LogP contribution in [0.1, 0.15) is 37.3 Å². The molecule has 1 amide bonds. The summed E-state index contributed by atoms with van der Waals surface area (Å²) in [6.45, 7) is 4.17. The predicted octanol–water partition coefficient (Wildman–Crippen LogP) is 2.97. The van der Waals surface area contributed by atoms with Crippen molar-refractivity contribution in [2.75, 3.05) is 11.9 Å². The average molecular weight is 336 g/mol. The fraction of sp³-hybridized carbons (Fsp3) is 0.438. The van der Waals surface area contributed by atoms with Gasteiger partial charge >= 0.3 is 0 Å². The molecule has 1 aromatic heterocycles. The largest absolute Gasteiger partial charge is 0.329 e. The Balaban J connectivity index is 2.08. The lowest BCUT2D eigenvalue weighted by Gasteiger charge is -2.27. The number of halogens is 1. The molecule has 0 saturated heterocycles. The van der Waals surface area contributed by atoms with Gasteiger partial charge in [0.1, 0.15) is 10.8 Å². The lowest BCUT2D eigenvalue weighted by molar-refractivity contribution is -0.125. The molecule has 0 fully saturated rings. The maximum absolute atomic E-state index is 13.7. The molecule has 0 radical (unpaired) electrons. The van der Waals surface area contributed by atoms with E-state index >= 15 is 0 Å². The van der Waals surface area contributed by atoms with Crippen LogP contribution < -0.4 is 11.1 Å². The predicted molar refractivity (Wildman–Crippen MR) is 89.8 cm³/mol. The van der Waals surface area contributed by atoms with Crippen molar-refractivity contribution in [2.24, 2.45) is 11.1 Å². The van der Waals surface area contributed by atoms with Crippen molar-refractivity contribution in [3.05, 3.63) is 40.7 Å². The Labute approximate surface area is 139 Å². The fourth-order valence-corrected chi connectivity index (χ4v) is 3.12. The van der Waals surface area contributed by atoms with E-state index in [1.807, 2.05) is 13.8 Å². The van der Waals surface area contributed by atoms with Crippen LogP contribution >= 0.6 is 11.3 Å².